The molecule has 1 fully saturated rings. The Morgan fingerprint density at radius 2 is 2.24 bits per heavy atom. The number of rotatable bonds is 7. The number of aromatic nitrogens is 3. The van der Waals surface area contributed by atoms with Gasteiger partial charge in [-0.2, -0.15) is 5.10 Å². The van der Waals surface area contributed by atoms with Crippen molar-refractivity contribution in [3.8, 4) is 0 Å². The summed E-state index contributed by atoms with van der Waals surface area (Å²) in [5.74, 6) is 0.152. The number of hydrogen-bond acceptors (Lipinski definition) is 6. The molecule has 25 heavy (non-hydrogen) atoms. The first-order chi connectivity index (χ1) is 12.2. The van der Waals surface area contributed by atoms with Crippen molar-refractivity contribution < 1.29 is 4.79 Å². The number of carbonyl (C=O) groups excluding carboxylic acids is 1. The van der Waals surface area contributed by atoms with Crippen LogP contribution in [0.5, 0.6) is 0 Å². The molecule has 0 saturated heterocycles. The van der Waals surface area contributed by atoms with Crippen molar-refractivity contribution >= 4 is 22.4 Å². The van der Waals surface area contributed by atoms with E-state index in [2.05, 4.69) is 41.7 Å². The lowest BCUT2D eigenvalue weighted by molar-refractivity contribution is -0.121. The SMILES string of the molecule is CNc1nc(CN2CCn3nc(CCC(=O)NC4CC4)cc3C2)cs1. The third kappa shape index (κ3) is 4.19. The highest BCUT2D eigenvalue weighted by molar-refractivity contribution is 7.13. The van der Waals surface area contributed by atoms with Crippen LogP contribution in [0.15, 0.2) is 11.4 Å². The molecule has 8 heteroatoms. The van der Waals surface area contributed by atoms with Crippen LogP contribution >= 0.6 is 11.3 Å². The number of carbonyl (C=O) groups is 1. The molecule has 0 radical (unpaired) electrons. The number of anilines is 1. The van der Waals surface area contributed by atoms with Gasteiger partial charge in [0.15, 0.2) is 5.13 Å². The van der Waals surface area contributed by atoms with E-state index >= 15 is 0 Å². The van der Waals surface area contributed by atoms with Crippen molar-refractivity contribution in [2.24, 2.45) is 0 Å². The van der Waals surface area contributed by atoms with E-state index in [0.717, 1.165) is 62.0 Å². The van der Waals surface area contributed by atoms with Crippen molar-refractivity contribution in [3.63, 3.8) is 0 Å². The summed E-state index contributed by atoms with van der Waals surface area (Å²) in [4.78, 5) is 18.8. The molecule has 3 heterocycles. The number of nitrogens with zero attached hydrogens (tertiary/aromatic N) is 4. The van der Waals surface area contributed by atoms with E-state index in [4.69, 9.17) is 0 Å². The molecular formula is C17H24N6OS. The highest BCUT2D eigenvalue weighted by atomic mass is 32.1. The minimum atomic E-state index is 0.152. The van der Waals surface area contributed by atoms with Crippen LogP contribution in [0.4, 0.5) is 5.13 Å². The predicted molar refractivity (Wildman–Crippen MR) is 97.5 cm³/mol. The average Bonchev–Trinajstić information content (AvgIpc) is 3.15. The van der Waals surface area contributed by atoms with Crippen LogP contribution in [-0.4, -0.2) is 45.2 Å². The number of aryl methyl sites for hydroxylation is 1. The molecule has 0 atom stereocenters. The molecule has 2 N–H and O–H groups in total. The second kappa shape index (κ2) is 7.13. The molecule has 2 aromatic heterocycles. The van der Waals surface area contributed by atoms with Gasteiger partial charge in [0.25, 0.3) is 0 Å². The van der Waals surface area contributed by atoms with Crippen molar-refractivity contribution in [1.29, 1.82) is 0 Å². The molecular weight excluding hydrogens is 336 g/mol. The maximum absolute atomic E-state index is 11.8. The zero-order valence-electron chi connectivity index (χ0n) is 14.5. The van der Waals surface area contributed by atoms with Crippen LogP contribution in [0, 0.1) is 0 Å². The summed E-state index contributed by atoms with van der Waals surface area (Å²) < 4.78 is 2.09. The molecule has 0 aromatic carbocycles. The lowest BCUT2D eigenvalue weighted by Crippen LogP contribution is -2.33. The van der Waals surface area contributed by atoms with Crippen LogP contribution < -0.4 is 10.6 Å². The molecule has 1 aliphatic heterocycles. The van der Waals surface area contributed by atoms with Crippen molar-refractivity contribution in [2.75, 3.05) is 18.9 Å². The number of amides is 1. The largest absolute Gasteiger partial charge is 0.365 e. The molecule has 0 unspecified atom stereocenters. The van der Waals surface area contributed by atoms with Gasteiger partial charge in [0.2, 0.25) is 5.91 Å². The fourth-order valence-electron chi connectivity index (χ4n) is 3.13. The van der Waals surface area contributed by atoms with Gasteiger partial charge in [0.1, 0.15) is 0 Å². The fourth-order valence-corrected chi connectivity index (χ4v) is 3.79. The highest BCUT2D eigenvalue weighted by Crippen LogP contribution is 2.21. The molecule has 4 rings (SSSR count). The molecule has 134 valence electrons. The maximum Gasteiger partial charge on any atom is 0.220 e. The van der Waals surface area contributed by atoms with Crippen LogP contribution in [0.3, 0.4) is 0 Å². The van der Waals surface area contributed by atoms with E-state index in [0.29, 0.717) is 12.5 Å². The molecule has 0 spiro atoms. The normalized spacial score (nSPS) is 17.3. The summed E-state index contributed by atoms with van der Waals surface area (Å²) in [7, 11) is 1.90. The Kier molecular flexibility index (Phi) is 4.72. The van der Waals surface area contributed by atoms with Crippen LogP contribution in [-0.2, 0) is 30.8 Å². The van der Waals surface area contributed by atoms with Crippen LogP contribution in [0.1, 0.15) is 36.3 Å². The summed E-state index contributed by atoms with van der Waals surface area (Å²) in [6.45, 7) is 3.62. The predicted octanol–water partition coefficient (Wildman–Crippen LogP) is 1.61. The van der Waals surface area contributed by atoms with E-state index in [9.17, 15) is 4.79 Å². The lowest BCUT2D eigenvalue weighted by Gasteiger charge is -2.26. The van der Waals surface area contributed by atoms with Crippen LogP contribution in [0.2, 0.25) is 0 Å². The number of thiazole rings is 1. The summed E-state index contributed by atoms with van der Waals surface area (Å²) in [5.41, 5.74) is 3.36. The molecule has 2 aromatic rings. The Labute approximate surface area is 151 Å². The Morgan fingerprint density at radius 1 is 1.36 bits per heavy atom. The topological polar surface area (TPSA) is 75.1 Å². The molecule has 1 aliphatic carbocycles. The maximum atomic E-state index is 11.8. The van der Waals surface area contributed by atoms with Gasteiger partial charge in [0, 0.05) is 50.9 Å². The van der Waals surface area contributed by atoms with Crippen LogP contribution in [0.25, 0.3) is 0 Å². The Morgan fingerprint density at radius 3 is 3.00 bits per heavy atom. The van der Waals surface area contributed by atoms with Gasteiger partial charge in [0.05, 0.1) is 23.6 Å². The van der Waals surface area contributed by atoms with Gasteiger partial charge in [-0.25, -0.2) is 4.98 Å². The van der Waals surface area contributed by atoms with Gasteiger partial charge >= 0.3 is 0 Å². The van der Waals surface area contributed by atoms with Crippen molar-refractivity contribution in [1.82, 2.24) is 25.0 Å². The van der Waals surface area contributed by atoms with E-state index in [-0.39, 0.29) is 5.91 Å². The summed E-state index contributed by atoms with van der Waals surface area (Å²) >= 11 is 1.64. The zero-order chi connectivity index (χ0) is 17.2. The first kappa shape index (κ1) is 16.5. The van der Waals surface area contributed by atoms with Gasteiger partial charge in [-0.15, -0.1) is 11.3 Å². The lowest BCUT2D eigenvalue weighted by atomic mass is 10.2. The standard InChI is InChI=1S/C17H24N6OS/c1-18-17-20-14(11-25-17)9-22-6-7-23-15(10-22)8-13(21-23)4-5-16(24)19-12-2-3-12/h8,11-12H,2-7,9-10H2,1H3,(H,18,20)(H,19,24). The van der Waals surface area contributed by atoms with Gasteiger partial charge < -0.3 is 10.6 Å². The fraction of sp³-hybridized carbons (Fsp3) is 0.588. The van der Waals surface area contributed by atoms with E-state index in [1.54, 1.807) is 11.3 Å². The highest BCUT2D eigenvalue weighted by Gasteiger charge is 2.23. The van der Waals surface area contributed by atoms with Gasteiger partial charge in [-0.05, 0) is 18.9 Å². The molecule has 2 aliphatic rings. The summed E-state index contributed by atoms with van der Waals surface area (Å²) in [6.07, 6.45) is 3.52. The second-order valence-corrected chi connectivity index (χ2v) is 7.65. The molecule has 1 amide bonds. The van der Waals surface area contributed by atoms with Gasteiger partial charge in [-0.1, -0.05) is 0 Å². The molecule has 7 nitrogen and oxygen atoms in total. The zero-order valence-corrected chi connectivity index (χ0v) is 15.3. The van der Waals surface area contributed by atoms with Gasteiger partial charge in [-0.3, -0.25) is 14.4 Å². The Bertz CT molecular complexity index is 750. The van der Waals surface area contributed by atoms with E-state index < -0.39 is 0 Å². The minimum Gasteiger partial charge on any atom is -0.365 e. The number of fused-ring (bicyclic) bond motifs is 1. The minimum absolute atomic E-state index is 0.152. The molecule has 0 bridgehead atoms. The third-order valence-electron chi connectivity index (χ3n) is 4.63. The molecule has 1 saturated carbocycles. The first-order valence-electron chi connectivity index (χ1n) is 8.89. The third-order valence-corrected chi connectivity index (χ3v) is 5.54. The number of nitrogens with one attached hydrogen (secondary N) is 2. The van der Waals surface area contributed by atoms with Crippen molar-refractivity contribution in [3.05, 3.63) is 28.5 Å². The second-order valence-electron chi connectivity index (χ2n) is 6.80. The van der Waals surface area contributed by atoms with E-state index in [1.165, 1.54) is 5.69 Å². The first-order valence-corrected chi connectivity index (χ1v) is 9.77. The Balaban J connectivity index is 1.31. The monoisotopic (exact) mass is 360 g/mol. The summed E-state index contributed by atoms with van der Waals surface area (Å²) in [5, 5.41) is 13.9. The van der Waals surface area contributed by atoms with Crippen molar-refractivity contribution in [2.45, 2.75) is 51.4 Å². The smallest absolute Gasteiger partial charge is 0.220 e. The summed E-state index contributed by atoms with van der Waals surface area (Å²) in [6, 6.07) is 2.58. The average molecular weight is 360 g/mol. The quantitative estimate of drug-likeness (QED) is 0.785. The number of hydrogen-bond donors (Lipinski definition) is 2. The van der Waals surface area contributed by atoms with E-state index in [1.807, 2.05) is 7.05 Å². The Hall–Kier alpha value is -1.93.